The molecule has 1 fully saturated rings. The molecule has 0 aliphatic heterocycles. The first-order valence-corrected chi connectivity index (χ1v) is 14.9. The normalized spacial score (nSPS) is 21.9. The van der Waals surface area contributed by atoms with Crippen molar-refractivity contribution in [1.29, 1.82) is 0 Å². The van der Waals surface area contributed by atoms with E-state index in [1.54, 1.807) is 6.92 Å². The molecule has 1 saturated carbocycles. The minimum absolute atomic E-state index is 0.0246. The van der Waals surface area contributed by atoms with Gasteiger partial charge in [-0.2, -0.15) is 0 Å². The molecule has 0 aromatic heterocycles. The minimum Gasteiger partial charge on any atom is -0.465 e. The maximum Gasteiger partial charge on any atom is 0.324 e. The van der Waals surface area contributed by atoms with E-state index in [1.165, 1.54) is 24.3 Å². The fourth-order valence-electron chi connectivity index (χ4n) is 4.73. The largest absolute Gasteiger partial charge is 0.465 e. The number of hydrogen-bond acceptors (Lipinski definition) is 6. The first kappa shape index (κ1) is 27.5. The summed E-state index contributed by atoms with van der Waals surface area (Å²) in [5, 5.41) is -1.05. The van der Waals surface area contributed by atoms with E-state index in [2.05, 4.69) is 0 Å². The number of rotatable bonds is 8. The van der Waals surface area contributed by atoms with Crippen molar-refractivity contribution in [3.05, 3.63) is 64.7 Å². The van der Waals surface area contributed by atoms with Crippen LogP contribution in [0.25, 0.3) is 0 Å². The predicted molar refractivity (Wildman–Crippen MR) is 129 cm³/mol. The van der Waals surface area contributed by atoms with Crippen LogP contribution in [0.4, 0.5) is 8.78 Å². The fourth-order valence-corrected chi connectivity index (χ4v) is 8.06. The summed E-state index contributed by atoms with van der Waals surface area (Å²) in [7, 11) is -7.98. The van der Waals surface area contributed by atoms with Gasteiger partial charge in [0.25, 0.3) is 0 Å². The molecule has 2 aromatic rings. The van der Waals surface area contributed by atoms with Crippen molar-refractivity contribution in [3.63, 3.8) is 0 Å². The van der Waals surface area contributed by atoms with Gasteiger partial charge in [0.1, 0.15) is 16.4 Å². The van der Waals surface area contributed by atoms with Crippen LogP contribution in [0.3, 0.4) is 0 Å². The molecular formula is C24H27ClF2O6S2. The fraction of sp³-hybridized carbons (Fsp3) is 0.458. The summed E-state index contributed by atoms with van der Waals surface area (Å²) in [6.07, 6.45) is 1.13. The van der Waals surface area contributed by atoms with E-state index in [1.807, 2.05) is 0 Å². The Labute approximate surface area is 209 Å². The van der Waals surface area contributed by atoms with Gasteiger partial charge < -0.3 is 4.74 Å². The number of hydrogen-bond donors (Lipinski definition) is 0. The second kappa shape index (κ2) is 10.5. The Morgan fingerprint density at radius 3 is 2.23 bits per heavy atom. The molecule has 0 amide bonds. The van der Waals surface area contributed by atoms with Gasteiger partial charge in [-0.15, -0.1) is 0 Å². The predicted octanol–water partition coefficient (Wildman–Crippen LogP) is 4.84. The first-order valence-electron chi connectivity index (χ1n) is 11.1. The molecule has 1 aliphatic rings. The number of halogens is 3. The van der Waals surface area contributed by atoms with Crippen LogP contribution < -0.4 is 0 Å². The molecule has 1 atom stereocenters. The third kappa shape index (κ3) is 5.70. The van der Waals surface area contributed by atoms with Crippen LogP contribution in [-0.2, 0) is 34.0 Å². The molecular weight excluding hydrogens is 522 g/mol. The summed E-state index contributed by atoms with van der Waals surface area (Å²) in [5.41, 5.74) is -0.268. The number of carbonyl (C=O) groups is 1. The average Bonchev–Trinajstić information content (AvgIpc) is 2.79. The zero-order chi connectivity index (χ0) is 26.0. The molecule has 11 heteroatoms. The summed E-state index contributed by atoms with van der Waals surface area (Å²) in [6.45, 7) is 1.60. The van der Waals surface area contributed by atoms with Crippen molar-refractivity contribution in [1.82, 2.24) is 0 Å². The Morgan fingerprint density at radius 2 is 1.69 bits per heavy atom. The van der Waals surface area contributed by atoms with Crippen LogP contribution in [0.5, 0.6) is 0 Å². The molecule has 0 radical (unpaired) electrons. The molecule has 1 aliphatic carbocycles. The lowest BCUT2D eigenvalue weighted by atomic mass is 9.76. The topological polar surface area (TPSA) is 94.6 Å². The van der Waals surface area contributed by atoms with Crippen molar-refractivity contribution in [2.45, 2.75) is 53.9 Å². The van der Waals surface area contributed by atoms with Crippen LogP contribution in [0.2, 0.25) is 5.02 Å². The standard InChI is InChI=1S/C24H27ClF2O6S2/c1-3-33-23(28)22(34(2,29)30)14-16-10-12-24(13-11-16,20-15-18(26)6-9-21(20)27)35(31,32)19-7-4-17(25)5-8-19/h4-9,15-16,22H,3,10-14H2,1-2H3. The van der Waals surface area contributed by atoms with Crippen LogP contribution in [0.15, 0.2) is 47.4 Å². The molecule has 6 nitrogen and oxygen atoms in total. The van der Waals surface area contributed by atoms with Gasteiger partial charge in [0.05, 0.1) is 11.5 Å². The van der Waals surface area contributed by atoms with Crippen LogP contribution >= 0.6 is 11.6 Å². The zero-order valence-corrected chi connectivity index (χ0v) is 21.7. The highest BCUT2D eigenvalue weighted by molar-refractivity contribution is 7.92. The van der Waals surface area contributed by atoms with E-state index < -0.39 is 47.3 Å². The Bertz CT molecular complexity index is 1290. The molecule has 0 spiro atoms. The first-order chi connectivity index (χ1) is 16.3. The molecule has 192 valence electrons. The van der Waals surface area contributed by atoms with Gasteiger partial charge in [-0.3, -0.25) is 4.79 Å². The van der Waals surface area contributed by atoms with E-state index in [9.17, 15) is 30.4 Å². The third-order valence-electron chi connectivity index (χ3n) is 6.58. The number of benzene rings is 2. The summed E-state index contributed by atoms with van der Waals surface area (Å²) < 4.78 is 84.5. The van der Waals surface area contributed by atoms with Gasteiger partial charge in [-0.05, 0) is 87.4 Å². The van der Waals surface area contributed by atoms with Gasteiger partial charge in [0.15, 0.2) is 24.9 Å². The van der Waals surface area contributed by atoms with Crippen molar-refractivity contribution in [2.24, 2.45) is 5.92 Å². The smallest absolute Gasteiger partial charge is 0.324 e. The number of ether oxygens (including phenoxy) is 1. The Morgan fingerprint density at radius 1 is 1.09 bits per heavy atom. The number of esters is 1. The molecule has 35 heavy (non-hydrogen) atoms. The monoisotopic (exact) mass is 548 g/mol. The summed E-state index contributed by atoms with van der Waals surface area (Å²) in [4.78, 5) is 12.2. The molecule has 1 unspecified atom stereocenters. The average molecular weight is 549 g/mol. The van der Waals surface area contributed by atoms with Crippen LogP contribution in [0.1, 0.15) is 44.6 Å². The molecule has 0 bridgehead atoms. The third-order valence-corrected chi connectivity index (χ3v) is 10.8. The van der Waals surface area contributed by atoms with E-state index in [0.717, 1.165) is 24.5 Å². The molecule has 0 saturated heterocycles. The zero-order valence-electron chi connectivity index (χ0n) is 19.3. The van der Waals surface area contributed by atoms with Crippen LogP contribution in [-0.4, -0.2) is 40.9 Å². The SMILES string of the molecule is CCOC(=O)C(CC1CCC(c2cc(F)ccc2F)(S(=O)(=O)c2ccc(Cl)cc2)CC1)S(C)(=O)=O. The van der Waals surface area contributed by atoms with Gasteiger partial charge in [-0.25, -0.2) is 25.6 Å². The van der Waals surface area contributed by atoms with Crippen molar-refractivity contribution >= 4 is 37.2 Å². The molecule has 0 N–H and O–H groups in total. The maximum absolute atomic E-state index is 15.0. The Hall–Kier alpha value is -2.04. The molecule has 2 aromatic carbocycles. The lowest BCUT2D eigenvalue weighted by Gasteiger charge is -2.40. The van der Waals surface area contributed by atoms with E-state index in [-0.39, 0.29) is 55.1 Å². The van der Waals surface area contributed by atoms with Crippen LogP contribution in [0, 0.1) is 17.6 Å². The lowest BCUT2D eigenvalue weighted by molar-refractivity contribution is -0.143. The lowest BCUT2D eigenvalue weighted by Crippen LogP contribution is -2.42. The highest BCUT2D eigenvalue weighted by atomic mass is 35.5. The van der Waals surface area contributed by atoms with Crippen molar-refractivity contribution in [2.75, 3.05) is 12.9 Å². The van der Waals surface area contributed by atoms with E-state index >= 15 is 0 Å². The van der Waals surface area contributed by atoms with Gasteiger partial charge >= 0.3 is 5.97 Å². The minimum atomic E-state index is -4.21. The van der Waals surface area contributed by atoms with Gasteiger partial charge in [0.2, 0.25) is 0 Å². The summed E-state index contributed by atoms with van der Waals surface area (Å²) >= 11 is 5.91. The van der Waals surface area contributed by atoms with E-state index in [4.69, 9.17) is 16.3 Å². The van der Waals surface area contributed by atoms with E-state index in [0.29, 0.717) is 5.02 Å². The Balaban J connectivity index is 2.00. The number of carbonyl (C=O) groups excluding carboxylic acids is 1. The quantitative estimate of drug-likeness (QED) is 0.438. The second-order valence-corrected chi connectivity index (χ2v) is 13.7. The second-order valence-electron chi connectivity index (χ2n) is 8.83. The van der Waals surface area contributed by atoms with Gasteiger partial charge in [0, 0.05) is 16.8 Å². The summed E-state index contributed by atoms with van der Waals surface area (Å²) in [5.74, 6) is -2.79. The highest BCUT2D eigenvalue weighted by Gasteiger charge is 2.50. The Kier molecular flexibility index (Phi) is 8.28. The molecule has 0 heterocycles. The summed E-state index contributed by atoms with van der Waals surface area (Å²) in [6, 6.07) is 8.18. The number of sulfone groups is 2. The van der Waals surface area contributed by atoms with Crippen molar-refractivity contribution < 1.29 is 35.1 Å². The maximum atomic E-state index is 15.0. The van der Waals surface area contributed by atoms with Gasteiger partial charge in [-0.1, -0.05) is 11.6 Å². The van der Waals surface area contributed by atoms with Crippen molar-refractivity contribution in [3.8, 4) is 0 Å². The molecule has 3 rings (SSSR count). The highest BCUT2D eigenvalue weighted by Crippen LogP contribution is 2.50.